The Bertz CT molecular complexity index is 1480. The van der Waals surface area contributed by atoms with E-state index in [1.807, 2.05) is 37.3 Å². The van der Waals surface area contributed by atoms with Gasteiger partial charge in [0.05, 0.1) is 7.11 Å². The fourth-order valence-corrected chi connectivity index (χ4v) is 5.10. The lowest BCUT2D eigenvalue weighted by molar-refractivity contribution is -0.149. The lowest BCUT2D eigenvalue weighted by atomic mass is 9.92. The minimum absolute atomic E-state index is 0.0757. The molecule has 0 aliphatic carbocycles. The van der Waals surface area contributed by atoms with Gasteiger partial charge in [-0.15, -0.1) is 0 Å². The van der Waals surface area contributed by atoms with E-state index in [4.69, 9.17) is 4.74 Å². The summed E-state index contributed by atoms with van der Waals surface area (Å²) in [7, 11) is 1.44. The van der Waals surface area contributed by atoms with Crippen molar-refractivity contribution in [1.29, 1.82) is 0 Å². The summed E-state index contributed by atoms with van der Waals surface area (Å²) in [6.45, 7) is 8.47. The molecule has 4 aromatic rings. The Hall–Kier alpha value is -4.48. The van der Waals surface area contributed by atoms with Gasteiger partial charge in [-0.05, 0) is 54.8 Å². The second-order valence-corrected chi connectivity index (χ2v) is 10.2. The number of pyridine rings is 1. The number of nitrogens with zero attached hydrogens (tertiary/aromatic N) is 6. The first-order chi connectivity index (χ1) is 19.9. The Morgan fingerprint density at radius 1 is 0.976 bits per heavy atom. The second kappa shape index (κ2) is 12.8. The van der Waals surface area contributed by atoms with Crippen molar-refractivity contribution in [3.8, 4) is 11.5 Å². The van der Waals surface area contributed by atoms with E-state index in [0.717, 1.165) is 30.0 Å². The summed E-state index contributed by atoms with van der Waals surface area (Å²) in [6.07, 6.45) is 3.37. The Morgan fingerprint density at radius 3 is 2.46 bits per heavy atom. The van der Waals surface area contributed by atoms with Crippen molar-refractivity contribution >= 4 is 29.2 Å². The van der Waals surface area contributed by atoms with Gasteiger partial charge in [0.1, 0.15) is 23.4 Å². The van der Waals surface area contributed by atoms with E-state index >= 15 is 0 Å². The van der Waals surface area contributed by atoms with Gasteiger partial charge in [0, 0.05) is 49.5 Å². The van der Waals surface area contributed by atoms with Gasteiger partial charge in [-0.25, -0.2) is 19.9 Å². The minimum atomic E-state index is -0.318. The maximum Gasteiger partial charge on any atom is 0.324 e. The van der Waals surface area contributed by atoms with Crippen molar-refractivity contribution in [3.63, 3.8) is 0 Å². The third-order valence-electron chi connectivity index (χ3n) is 6.94. The number of aromatic nitrogens is 5. The molecule has 5 rings (SSSR count). The summed E-state index contributed by atoms with van der Waals surface area (Å²) >= 11 is 0. The van der Waals surface area contributed by atoms with Crippen LogP contribution in [-0.2, 0) is 9.53 Å². The molecule has 1 aliphatic heterocycles. The van der Waals surface area contributed by atoms with Crippen LogP contribution in [0.15, 0.2) is 67.0 Å². The van der Waals surface area contributed by atoms with Crippen LogP contribution in [0.4, 0.5) is 23.3 Å². The summed E-state index contributed by atoms with van der Waals surface area (Å²) in [5, 5.41) is 9.82. The number of benzene rings is 1. The first-order valence-corrected chi connectivity index (χ1v) is 13.7. The van der Waals surface area contributed by atoms with Crippen LogP contribution in [0.1, 0.15) is 31.1 Å². The number of anilines is 4. The number of rotatable bonds is 9. The second-order valence-electron chi connectivity index (χ2n) is 10.2. The molecule has 0 amide bonds. The van der Waals surface area contributed by atoms with Crippen molar-refractivity contribution in [2.75, 3.05) is 37.4 Å². The first-order valence-electron chi connectivity index (χ1n) is 13.7. The SMILES string of the molecule is COC(=O)C1CNCCN1C(c1ccc(Nc2nccc(Nc3ccnc(-c4cccc(C)n4)n3)n2)cc1)C(C)C. The molecule has 1 saturated heterocycles. The van der Waals surface area contributed by atoms with Crippen LogP contribution in [0.5, 0.6) is 0 Å². The van der Waals surface area contributed by atoms with Gasteiger partial charge in [0.2, 0.25) is 5.95 Å². The van der Waals surface area contributed by atoms with Gasteiger partial charge in [0.15, 0.2) is 5.82 Å². The van der Waals surface area contributed by atoms with Gasteiger partial charge in [-0.1, -0.05) is 32.0 Å². The highest BCUT2D eigenvalue weighted by atomic mass is 16.5. The molecule has 2 unspecified atom stereocenters. The summed E-state index contributed by atoms with van der Waals surface area (Å²) in [5.74, 6) is 2.26. The quantitative estimate of drug-likeness (QED) is 0.257. The molecule has 1 fully saturated rings. The van der Waals surface area contributed by atoms with Gasteiger partial charge < -0.3 is 20.7 Å². The van der Waals surface area contributed by atoms with Crippen molar-refractivity contribution in [3.05, 3.63) is 78.2 Å². The standard InChI is InChI=1S/C30H35N9O2/c1-19(2)27(39-17-16-31-18-24(39)29(40)41-4)21-8-10-22(11-9-21)35-30-33-15-13-26(38-30)36-25-12-14-32-28(37-25)23-7-5-6-20(3)34-23/h5-15,19,24,27,31H,16-18H2,1-4H3,(H2,32,33,35,36,37,38). The van der Waals surface area contributed by atoms with Gasteiger partial charge in [-0.2, -0.15) is 4.98 Å². The highest BCUT2D eigenvalue weighted by molar-refractivity contribution is 5.76. The molecule has 3 aromatic heterocycles. The maximum absolute atomic E-state index is 12.5. The van der Waals surface area contributed by atoms with E-state index < -0.39 is 0 Å². The third-order valence-corrected chi connectivity index (χ3v) is 6.94. The number of methoxy groups -OCH3 is 1. The molecule has 41 heavy (non-hydrogen) atoms. The molecule has 11 heteroatoms. The number of hydrogen-bond donors (Lipinski definition) is 3. The smallest absolute Gasteiger partial charge is 0.324 e. The molecule has 212 valence electrons. The monoisotopic (exact) mass is 553 g/mol. The van der Waals surface area contributed by atoms with Crippen LogP contribution in [0.25, 0.3) is 11.5 Å². The maximum atomic E-state index is 12.5. The molecule has 0 radical (unpaired) electrons. The number of hydrogen-bond acceptors (Lipinski definition) is 11. The molecule has 3 N–H and O–H groups in total. The molecular weight excluding hydrogens is 518 g/mol. The predicted octanol–water partition coefficient (Wildman–Crippen LogP) is 4.27. The number of ether oxygens (including phenoxy) is 1. The van der Waals surface area contributed by atoms with Gasteiger partial charge in [-0.3, -0.25) is 9.69 Å². The molecule has 0 bridgehead atoms. The van der Waals surface area contributed by atoms with Crippen LogP contribution in [0.3, 0.4) is 0 Å². The predicted molar refractivity (Wildman–Crippen MR) is 158 cm³/mol. The van der Waals surface area contributed by atoms with E-state index in [-0.39, 0.29) is 18.1 Å². The highest BCUT2D eigenvalue weighted by Gasteiger charge is 2.36. The van der Waals surface area contributed by atoms with Crippen LogP contribution < -0.4 is 16.0 Å². The number of piperazine rings is 1. The van der Waals surface area contributed by atoms with Gasteiger partial charge >= 0.3 is 5.97 Å². The van der Waals surface area contributed by atoms with Crippen molar-refractivity contribution in [2.24, 2.45) is 5.92 Å². The molecule has 11 nitrogen and oxygen atoms in total. The molecule has 1 aliphatic rings. The normalized spacial score (nSPS) is 16.3. The number of esters is 1. The first kappa shape index (κ1) is 28.1. The van der Waals surface area contributed by atoms with Crippen molar-refractivity contribution in [1.82, 2.24) is 35.1 Å². The fourth-order valence-electron chi connectivity index (χ4n) is 5.10. The Morgan fingerprint density at radius 2 is 1.73 bits per heavy atom. The number of aryl methyl sites for hydroxylation is 1. The third kappa shape index (κ3) is 6.82. The lowest BCUT2D eigenvalue weighted by Crippen LogP contribution is -2.57. The zero-order chi connectivity index (χ0) is 28.8. The summed E-state index contributed by atoms with van der Waals surface area (Å²) < 4.78 is 5.09. The van der Waals surface area contributed by atoms with E-state index in [1.165, 1.54) is 7.11 Å². The minimum Gasteiger partial charge on any atom is -0.468 e. The molecule has 4 heterocycles. The average molecular weight is 554 g/mol. The number of carbonyl (C=O) groups is 1. The highest BCUT2D eigenvalue weighted by Crippen LogP contribution is 2.32. The largest absolute Gasteiger partial charge is 0.468 e. The molecule has 2 atom stereocenters. The lowest BCUT2D eigenvalue weighted by Gasteiger charge is -2.42. The molecule has 0 saturated carbocycles. The van der Waals surface area contributed by atoms with Gasteiger partial charge in [0.25, 0.3) is 0 Å². The fraction of sp³-hybridized carbons (Fsp3) is 0.333. The van der Waals surface area contributed by atoms with Crippen LogP contribution >= 0.6 is 0 Å². The van der Waals surface area contributed by atoms with E-state index in [9.17, 15) is 4.79 Å². The Kier molecular flexibility index (Phi) is 8.76. The number of nitrogens with one attached hydrogen (secondary N) is 3. The van der Waals surface area contributed by atoms with Crippen molar-refractivity contribution in [2.45, 2.75) is 32.9 Å². The molecule has 0 spiro atoms. The molecular formula is C30H35N9O2. The number of carbonyl (C=O) groups excluding carboxylic acids is 1. The van der Waals surface area contributed by atoms with Crippen LogP contribution in [0.2, 0.25) is 0 Å². The summed E-state index contributed by atoms with van der Waals surface area (Å²) in [6, 6.07) is 17.3. The topological polar surface area (TPSA) is 130 Å². The Balaban J connectivity index is 1.29. The Labute approximate surface area is 239 Å². The average Bonchev–Trinajstić information content (AvgIpc) is 2.98. The van der Waals surface area contributed by atoms with Crippen molar-refractivity contribution < 1.29 is 9.53 Å². The summed E-state index contributed by atoms with van der Waals surface area (Å²) in [5.41, 5.74) is 3.60. The summed E-state index contributed by atoms with van der Waals surface area (Å²) in [4.78, 5) is 37.2. The zero-order valence-corrected chi connectivity index (χ0v) is 23.7. The molecule has 1 aromatic carbocycles. The zero-order valence-electron chi connectivity index (χ0n) is 23.7. The van der Waals surface area contributed by atoms with Crippen LogP contribution in [-0.4, -0.2) is 68.6 Å². The van der Waals surface area contributed by atoms with E-state index in [0.29, 0.717) is 41.6 Å². The van der Waals surface area contributed by atoms with E-state index in [1.54, 1.807) is 24.5 Å². The van der Waals surface area contributed by atoms with E-state index in [2.05, 4.69) is 71.8 Å². The van der Waals surface area contributed by atoms with Crippen LogP contribution in [0, 0.1) is 12.8 Å².